The number of rotatable bonds is 4. The van der Waals surface area contributed by atoms with Crippen LogP contribution in [0, 0.1) is 0 Å². The molecular formula is C12H9Cl2N3O2S. The van der Waals surface area contributed by atoms with Gasteiger partial charge in [0.2, 0.25) is 0 Å². The molecule has 0 saturated carbocycles. The highest BCUT2D eigenvalue weighted by atomic mass is 35.5. The summed E-state index contributed by atoms with van der Waals surface area (Å²) in [5.41, 5.74) is 0.710. The van der Waals surface area contributed by atoms with E-state index in [4.69, 9.17) is 23.2 Å². The second kappa shape index (κ2) is 6.21. The molecule has 1 N–H and O–H groups in total. The van der Waals surface area contributed by atoms with Gasteiger partial charge in [-0.25, -0.2) is 18.4 Å². The predicted molar refractivity (Wildman–Crippen MR) is 80.1 cm³/mol. The highest BCUT2D eigenvalue weighted by Crippen LogP contribution is 2.12. The van der Waals surface area contributed by atoms with Crippen molar-refractivity contribution in [1.82, 2.24) is 9.97 Å². The minimum Gasteiger partial charge on any atom is -0.263 e. The average Bonchev–Trinajstić information content (AvgIpc) is 2.41. The molecule has 0 fully saturated rings. The van der Waals surface area contributed by atoms with Gasteiger partial charge in [0.05, 0.1) is 17.8 Å². The first-order valence-corrected chi connectivity index (χ1v) is 7.69. The van der Waals surface area contributed by atoms with Crippen LogP contribution in [0.15, 0.2) is 42.1 Å². The highest BCUT2D eigenvalue weighted by molar-refractivity contribution is 7.95. The maximum Gasteiger partial charge on any atom is 0.256 e. The van der Waals surface area contributed by atoms with E-state index in [1.54, 1.807) is 24.3 Å². The second-order valence-electron chi connectivity index (χ2n) is 3.73. The van der Waals surface area contributed by atoms with Crippen molar-refractivity contribution in [3.8, 4) is 0 Å². The van der Waals surface area contributed by atoms with Crippen LogP contribution in [0.5, 0.6) is 0 Å². The number of nitrogens with one attached hydrogen (secondary N) is 1. The van der Waals surface area contributed by atoms with Gasteiger partial charge in [0, 0.05) is 5.02 Å². The smallest absolute Gasteiger partial charge is 0.256 e. The zero-order valence-corrected chi connectivity index (χ0v) is 12.3. The van der Waals surface area contributed by atoms with Crippen molar-refractivity contribution in [2.45, 2.75) is 0 Å². The van der Waals surface area contributed by atoms with E-state index < -0.39 is 10.0 Å². The van der Waals surface area contributed by atoms with E-state index in [9.17, 15) is 8.42 Å². The maximum absolute atomic E-state index is 11.8. The third-order valence-electron chi connectivity index (χ3n) is 2.18. The average molecular weight is 330 g/mol. The van der Waals surface area contributed by atoms with E-state index in [1.165, 1.54) is 18.5 Å². The van der Waals surface area contributed by atoms with Crippen molar-refractivity contribution >= 4 is 45.1 Å². The minimum absolute atomic E-state index is 0.0927. The van der Waals surface area contributed by atoms with Gasteiger partial charge >= 0.3 is 0 Å². The summed E-state index contributed by atoms with van der Waals surface area (Å²) in [5, 5.41) is 1.80. The number of hydrogen-bond donors (Lipinski definition) is 1. The number of hydrogen-bond acceptors (Lipinski definition) is 4. The van der Waals surface area contributed by atoms with Crippen LogP contribution < -0.4 is 4.72 Å². The van der Waals surface area contributed by atoms with Crippen molar-refractivity contribution in [3.05, 3.63) is 57.8 Å². The lowest BCUT2D eigenvalue weighted by Gasteiger charge is -2.02. The Morgan fingerprint density at radius 3 is 2.35 bits per heavy atom. The third-order valence-corrected chi connectivity index (χ3v) is 3.61. The Kier molecular flexibility index (Phi) is 4.59. The van der Waals surface area contributed by atoms with E-state index in [0.29, 0.717) is 10.6 Å². The van der Waals surface area contributed by atoms with Gasteiger partial charge in [-0.1, -0.05) is 35.3 Å². The Bertz CT molecular complexity index is 713. The molecular weight excluding hydrogens is 321 g/mol. The van der Waals surface area contributed by atoms with Crippen LogP contribution in [0.1, 0.15) is 5.56 Å². The third kappa shape index (κ3) is 4.48. The molecule has 0 atom stereocenters. The Morgan fingerprint density at radius 2 is 1.75 bits per heavy atom. The predicted octanol–water partition coefficient (Wildman–Crippen LogP) is 3.20. The highest BCUT2D eigenvalue weighted by Gasteiger charge is 2.06. The lowest BCUT2D eigenvalue weighted by atomic mass is 10.2. The molecule has 1 heterocycles. The van der Waals surface area contributed by atoms with Gasteiger partial charge in [-0.15, -0.1) is 0 Å². The number of aromatic nitrogens is 2. The largest absolute Gasteiger partial charge is 0.263 e. The quantitative estimate of drug-likeness (QED) is 0.934. The summed E-state index contributed by atoms with van der Waals surface area (Å²) in [5.74, 6) is 0.0927. The van der Waals surface area contributed by atoms with Gasteiger partial charge in [-0.3, -0.25) is 4.72 Å². The summed E-state index contributed by atoms with van der Waals surface area (Å²) in [6.45, 7) is 0. The van der Waals surface area contributed by atoms with Crippen molar-refractivity contribution in [2.24, 2.45) is 0 Å². The molecule has 104 valence electrons. The molecule has 0 saturated heterocycles. The zero-order valence-electron chi connectivity index (χ0n) is 9.99. The number of sulfonamides is 1. The molecule has 2 rings (SSSR count). The molecule has 5 nitrogen and oxygen atoms in total. The molecule has 1 aromatic carbocycles. The van der Waals surface area contributed by atoms with Gasteiger partial charge in [0.15, 0.2) is 5.82 Å². The van der Waals surface area contributed by atoms with E-state index in [1.807, 2.05) is 0 Å². The first kappa shape index (κ1) is 14.8. The number of benzene rings is 1. The maximum atomic E-state index is 11.8. The molecule has 0 bridgehead atoms. The Morgan fingerprint density at radius 1 is 1.05 bits per heavy atom. The van der Waals surface area contributed by atoms with Crippen molar-refractivity contribution in [3.63, 3.8) is 0 Å². The van der Waals surface area contributed by atoms with Crippen LogP contribution in [0.4, 0.5) is 5.82 Å². The van der Waals surface area contributed by atoms with Crippen LogP contribution in [0.25, 0.3) is 6.08 Å². The summed E-state index contributed by atoms with van der Waals surface area (Å²) in [6.07, 6.45) is 3.93. The molecule has 8 heteroatoms. The first-order valence-electron chi connectivity index (χ1n) is 5.39. The Labute approximate surface area is 126 Å². The van der Waals surface area contributed by atoms with E-state index in [-0.39, 0.29) is 11.0 Å². The topological polar surface area (TPSA) is 72.0 Å². The normalized spacial score (nSPS) is 11.7. The fourth-order valence-electron chi connectivity index (χ4n) is 1.29. The monoisotopic (exact) mass is 329 g/mol. The molecule has 0 aliphatic heterocycles. The molecule has 0 spiro atoms. The van der Waals surface area contributed by atoms with Crippen LogP contribution >= 0.6 is 23.2 Å². The molecule has 2 aromatic rings. The molecule has 0 amide bonds. The first-order chi connectivity index (χ1) is 9.44. The fraction of sp³-hybridized carbons (Fsp3) is 0. The molecule has 0 radical (unpaired) electrons. The summed E-state index contributed by atoms with van der Waals surface area (Å²) in [4.78, 5) is 7.52. The van der Waals surface area contributed by atoms with Gasteiger partial charge in [-0.2, -0.15) is 0 Å². The Balaban J connectivity index is 2.11. The molecule has 1 aromatic heterocycles. The SMILES string of the molecule is O=S(=O)(/C=C/c1ccc(Cl)cc1)Nc1cnc(Cl)cn1. The van der Waals surface area contributed by atoms with Crippen LogP contribution in [0.2, 0.25) is 10.2 Å². The minimum atomic E-state index is -3.66. The molecule has 20 heavy (non-hydrogen) atoms. The van der Waals surface area contributed by atoms with Crippen molar-refractivity contribution in [2.75, 3.05) is 4.72 Å². The van der Waals surface area contributed by atoms with E-state index in [0.717, 1.165) is 5.41 Å². The summed E-state index contributed by atoms with van der Waals surface area (Å²) in [6, 6.07) is 6.75. The van der Waals surface area contributed by atoms with Crippen molar-refractivity contribution in [1.29, 1.82) is 0 Å². The summed E-state index contributed by atoms with van der Waals surface area (Å²) < 4.78 is 25.9. The van der Waals surface area contributed by atoms with Crippen LogP contribution in [-0.4, -0.2) is 18.4 Å². The van der Waals surface area contributed by atoms with Crippen molar-refractivity contribution < 1.29 is 8.42 Å². The summed E-state index contributed by atoms with van der Waals surface area (Å²) in [7, 11) is -3.66. The summed E-state index contributed by atoms with van der Waals surface area (Å²) >= 11 is 11.3. The molecule has 0 aliphatic carbocycles. The molecule has 0 aliphatic rings. The standard InChI is InChI=1S/C12H9Cl2N3O2S/c13-10-3-1-9(2-4-10)5-6-20(18,19)17-12-8-15-11(14)7-16-12/h1-8H,(H,16,17)/b6-5+. The molecule has 0 unspecified atom stereocenters. The lowest BCUT2D eigenvalue weighted by molar-refractivity contribution is 0.609. The lowest BCUT2D eigenvalue weighted by Crippen LogP contribution is -2.10. The van der Waals surface area contributed by atoms with Crippen LogP contribution in [-0.2, 0) is 10.0 Å². The van der Waals surface area contributed by atoms with Gasteiger partial charge in [-0.05, 0) is 23.8 Å². The second-order valence-corrected chi connectivity index (χ2v) is 6.12. The zero-order chi connectivity index (χ0) is 14.6. The van der Waals surface area contributed by atoms with Gasteiger partial charge in [0.25, 0.3) is 10.0 Å². The van der Waals surface area contributed by atoms with Gasteiger partial charge < -0.3 is 0 Å². The fourth-order valence-corrected chi connectivity index (χ4v) is 2.31. The van der Waals surface area contributed by atoms with E-state index in [2.05, 4.69) is 14.7 Å². The van der Waals surface area contributed by atoms with Crippen LogP contribution in [0.3, 0.4) is 0 Å². The Hall–Kier alpha value is -1.63. The number of halogens is 2. The van der Waals surface area contributed by atoms with Gasteiger partial charge in [0.1, 0.15) is 5.15 Å². The van der Waals surface area contributed by atoms with E-state index >= 15 is 0 Å². The number of anilines is 1. The number of nitrogens with zero attached hydrogens (tertiary/aromatic N) is 2.